The van der Waals surface area contributed by atoms with Crippen molar-refractivity contribution in [3.63, 3.8) is 0 Å². The SMILES string of the molecule is CCCCNCC(=O)N1CCN(c2cccc(Cl)c2)CC1. The van der Waals surface area contributed by atoms with E-state index in [0.29, 0.717) is 6.54 Å². The van der Waals surface area contributed by atoms with Gasteiger partial charge in [0.2, 0.25) is 5.91 Å². The van der Waals surface area contributed by atoms with E-state index >= 15 is 0 Å². The molecule has 0 unspecified atom stereocenters. The molecule has 0 radical (unpaired) electrons. The van der Waals surface area contributed by atoms with Crippen LogP contribution >= 0.6 is 11.6 Å². The average molecular weight is 310 g/mol. The first kappa shape index (κ1) is 16.1. The van der Waals surface area contributed by atoms with Gasteiger partial charge in [0.1, 0.15) is 0 Å². The molecule has 0 aromatic heterocycles. The summed E-state index contributed by atoms with van der Waals surface area (Å²) in [5.41, 5.74) is 1.13. The van der Waals surface area contributed by atoms with Gasteiger partial charge in [-0.3, -0.25) is 4.79 Å². The summed E-state index contributed by atoms with van der Waals surface area (Å²) in [6.07, 6.45) is 2.27. The number of hydrogen-bond acceptors (Lipinski definition) is 3. The van der Waals surface area contributed by atoms with Gasteiger partial charge in [0.25, 0.3) is 0 Å². The Labute approximate surface area is 132 Å². The molecule has 21 heavy (non-hydrogen) atoms. The molecule has 1 N–H and O–H groups in total. The highest BCUT2D eigenvalue weighted by Crippen LogP contribution is 2.20. The van der Waals surface area contributed by atoms with Crippen LogP contribution in [0.5, 0.6) is 0 Å². The van der Waals surface area contributed by atoms with Crippen molar-refractivity contribution in [2.24, 2.45) is 0 Å². The molecular weight excluding hydrogens is 286 g/mol. The molecule has 0 saturated carbocycles. The monoisotopic (exact) mass is 309 g/mol. The van der Waals surface area contributed by atoms with Gasteiger partial charge in [-0.15, -0.1) is 0 Å². The molecule has 1 aliphatic rings. The van der Waals surface area contributed by atoms with Gasteiger partial charge in [-0.1, -0.05) is 31.0 Å². The number of carbonyl (C=O) groups excluding carboxylic acids is 1. The maximum absolute atomic E-state index is 12.1. The number of rotatable bonds is 6. The van der Waals surface area contributed by atoms with Gasteiger partial charge in [-0.2, -0.15) is 0 Å². The smallest absolute Gasteiger partial charge is 0.236 e. The zero-order chi connectivity index (χ0) is 15.1. The first-order valence-corrected chi connectivity index (χ1v) is 8.07. The van der Waals surface area contributed by atoms with Crippen molar-refractivity contribution < 1.29 is 4.79 Å². The fourth-order valence-corrected chi connectivity index (χ4v) is 2.68. The molecule has 0 aliphatic carbocycles. The number of piperazine rings is 1. The lowest BCUT2D eigenvalue weighted by molar-refractivity contribution is -0.130. The van der Waals surface area contributed by atoms with Gasteiger partial charge in [0.05, 0.1) is 6.54 Å². The number of nitrogens with zero attached hydrogens (tertiary/aromatic N) is 2. The predicted octanol–water partition coefficient (Wildman–Crippen LogP) is 2.38. The molecule has 1 saturated heterocycles. The number of nitrogens with one attached hydrogen (secondary N) is 1. The molecule has 5 heteroatoms. The van der Waals surface area contributed by atoms with Gasteiger partial charge >= 0.3 is 0 Å². The zero-order valence-corrected chi connectivity index (χ0v) is 13.4. The Kier molecular flexibility index (Phi) is 6.33. The van der Waals surface area contributed by atoms with Crippen LogP contribution in [-0.4, -0.2) is 50.1 Å². The van der Waals surface area contributed by atoms with Crippen LogP contribution in [0, 0.1) is 0 Å². The third-order valence-corrected chi connectivity index (χ3v) is 4.02. The van der Waals surface area contributed by atoms with Gasteiger partial charge in [-0.05, 0) is 31.2 Å². The molecule has 1 aliphatic heterocycles. The molecule has 116 valence electrons. The summed E-state index contributed by atoms with van der Waals surface area (Å²) in [6, 6.07) is 7.89. The van der Waals surface area contributed by atoms with Gasteiger partial charge in [0, 0.05) is 36.9 Å². The van der Waals surface area contributed by atoms with Crippen molar-refractivity contribution >= 4 is 23.2 Å². The highest BCUT2D eigenvalue weighted by atomic mass is 35.5. The van der Waals surface area contributed by atoms with E-state index in [0.717, 1.165) is 56.3 Å². The molecule has 1 amide bonds. The first-order valence-electron chi connectivity index (χ1n) is 7.69. The second-order valence-electron chi connectivity index (χ2n) is 5.38. The highest BCUT2D eigenvalue weighted by molar-refractivity contribution is 6.30. The minimum atomic E-state index is 0.205. The molecule has 0 spiro atoms. The lowest BCUT2D eigenvalue weighted by Gasteiger charge is -2.36. The average Bonchev–Trinajstić information content (AvgIpc) is 2.51. The van der Waals surface area contributed by atoms with Crippen molar-refractivity contribution in [2.45, 2.75) is 19.8 Å². The quantitative estimate of drug-likeness (QED) is 0.820. The predicted molar refractivity (Wildman–Crippen MR) is 88.0 cm³/mol. The molecule has 1 aromatic carbocycles. The largest absolute Gasteiger partial charge is 0.368 e. The Morgan fingerprint density at radius 1 is 1.29 bits per heavy atom. The van der Waals surface area contributed by atoms with Crippen LogP contribution in [0.25, 0.3) is 0 Å². The normalized spacial score (nSPS) is 15.3. The molecular formula is C16H24ClN3O. The number of amides is 1. The van der Waals surface area contributed by atoms with E-state index in [1.165, 1.54) is 0 Å². The van der Waals surface area contributed by atoms with Crippen LogP contribution in [0.15, 0.2) is 24.3 Å². The number of anilines is 1. The van der Waals surface area contributed by atoms with Crippen LogP contribution in [0.3, 0.4) is 0 Å². The number of unbranched alkanes of at least 4 members (excludes halogenated alkanes) is 1. The third-order valence-electron chi connectivity index (χ3n) is 3.79. The Morgan fingerprint density at radius 3 is 2.71 bits per heavy atom. The first-order chi connectivity index (χ1) is 10.2. The summed E-state index contributed by atoms with van der Waals surface area (Å²) in [6.45, 7) is 6.81. The van der Waals surface area contributed by atoms with Crippen molar-refractivity contribution in [1.29, 1.82) is 0 Å². The maximum Gasteiger partial charge on any atom is 0.236 e. The Hall–Kier alpha value is -1.26. The van der Waals surface area contributed by atoms with E-state index in [2.05, 4.69) is 23.2 Å². The van der Waals surface area contributed by atoms with E-state index in [-0.39, 0.29) is 5.91 Å². The van der Waals surface area contributed by atoms with Crippen LogP contribution < -0.4 is 10.2 Å². The summed E-state index contributed by atoms with van der Waals surface area (Å²) in [5.74, 6) is 0.205. The molecule has 0 atom stereocenters. The Balaban J connectivity index is 1.76. The van der Waals surface area contributed by atoms with E-state index in [9.17, 15) is 4.79 Å². The van der Waals surface area contributed by atoms with E-state index < -0.39 is 0 Å². The second kappa shape index (κ2) is 8.25. The van der Waals surface area contributed by atoms with Crippen molar-refractivity contribution in [3.05, 3.63) is 29.3 Å². The molecule has 2 rings (SSSR count). The van der Waals surface area contributed by atoms with Crippen LogP contribution in [0.2, 0.25) is 5.02 Å². The number of carbonyl (C=O) groups is 1. The van der Waals surface area contributed by atoms with Gasteiger partial charge in [0.15, 0.2) is 0 Å². The Morgan fingerprint density at radius 2 is 2.05 bits per heavy atom. The summed E-state index contributed by atoms with van der Waals surface area (Å²) >= 11 is 6.03. The standard InChI is InChI=1S/C16H24ClN3O/c1-2-3-7-18-13-16(21)20-10-8-19(9-11-20)15-6-4-5-14(17)12-15/h4-6,12,18H,2-3,7-11,13H2,1H3. The number of halogens is 1. The second-order valence-corrected chi connectivity index (χ2v) is 5.81. The summed E-state index contributed by atoms with van der Waals surface area (Å²) in [7, 11) is 0. The lowest BCUT2D eigenvalue weighted by atomic mass is 10.2. The fourth-order valence-electron chi connectivity index (χ4n) is 2.50. The van der Waals surface area contributed by atoms with E-state index in [4.69, 9.17) is 11.6 Å². The molecule has 1 aromatic rings. The number of benzene rings is 1. The van der Waals surface area contributed by atoms with Gasteiger partial charge in [-0.25, -0.2) is 0 Å². The summed E-state index contributed by atoms with van der Waals surface area (Å²) in [4.78, 5) is 16.3. The van der Waals surface area contributed by atoms with Crippen molar-refractivity contribution in [3.8, 4) is 0 Å². The Bertz CT molecular complexity index is 459. The number of hydrogen-bond donors (Lipinski definition) is 1. The minimum absolute atomic E-state index is 0.205. The molecule has 1 heterocycles. The lowest BCUT2D eigenvalue weighted by Crippen LogP contribution is -2.50. The zero-order valence-electron chi connectivity index (χ0n) is 12.6. The van der Waals surface area contributed by atoms with Crippen LogP contribution in [0.4, 0.5) is 5.69 Å². The minimum Gasteiger partial charge on any atom is -0.368 e. The highest BCUT2D eigenvalue weighted by Gasteiger charge is 2.20. The van der Waals surface area contributed by atoms with Crippen LogP contribution in [-0.2, 0) is 4.79 Å². The summed E-state index contributed by atoms with van der Waals surface area (Å²) in [5, 5.41) is 3.97. The molecule has 4 nitrogen and oxygen atoms in total. The topological polar surface area (TPSA) is 35.6 Å². The molecule has 1 fully saturated rings. The van der Waals surface area contributed by atoms with Crippen molar-refractivity contribution in [2.75, 3.05) is 44.2 Å². The van der Waals surface area contributed by atoms with E-state index in [1.54, 1.807) is 0 Å². The molecule has 0 bridgehead atoms. The van der Waals surface area contributed by atoms with Crippen LogP contribution in [0.1, 0.15) is 19.8 Å². The van der Waals surface area contributed by atoms with Gasteiger partial charge < -0.3 is 15.1 Å². The summed E-state index contributed by atoms with van der Waals surface area (Å²) < 4.78 is 0. The third kappa shape index (κ3) is 4.90. The van der Waals surface area contributed by atoms with E-state index in [1.807, 2.05) is 23.1 Å². The van der Waals surface area contributed by atoms with Crippen molar-refractivity contribution in [1.82, 2.24) is 10.2 Å². The maximum atomic E-state index is 12.1. The fraction of sp³-hybridized carbons (Fsp3) is 0.562.